The molecule has 2 rings (SSSR count). The van der Waals surface area contributed by atoms with Crippen LogP contribution >= 0.6 is 0 Å². The molecule has 1 aromatic rings. The lowest BCUT2D eigenvalue weighted by Gasteiger charge is -2.11. The van der Waals surface area contributed by atoms with Gasteiger partial charge in [-0.05, 0) is 31.5 Å². The van der Waals surface area contributed by atoms with E-state index in [0.717, 1.165) is 6.42 Å². The van der Waals surface area contributed by atoms with E-state index in [4.69, 9.17) is 14.2 Å². The first-order valence-corrected chi connectivity index (χ1v) is 6.46. The number of hydrogen-bond donors (Lipinski definition) is 1. The van der Waals surface area contributed by atoms with Gasteiger partial charge in [-0.3, -0.25) is 4.79 Å². The lowest BCUT2D eigenvalue weighted by atomic mass is 10.2. The first-order valence-electron chi connectivity index (χ1n) is 6.46. The first-order chi connectivity index (χ1) is 9.60. The van der Waals surface area contributed by atoms with Gasteiger partial charge in [-0.15, -0.1) is 0 Å². The Hall–Kier alpha value is -2.24. The van der Waals surface area contributed by atoms with Crippen LogP contribution in [0.2, 0.25) is 0 Å². The maximum atomic E-state index is 11.8. The van der Waals surface area contributed by atoms with Crippen molar-refractivity contribution in [2.75, 3.05) is 13.4 Å². The van der Waals surface area contributed by atoms with Crippen LogP contribution in [-0.4, -0.2) is 31.3 Å². The number of rotatable bonds is 5. The van der Waals surface area contributed by atoms with Crippen molar-refractivity contribution in [2.24, 2.45) is 0 Å². The van der Waals surface area contributed by atoms with Gasteiger partial charge in [0.2, 0.25) is 6.79 Å². The van der Waals surface area contributed by atoms with E-state index >= 15 is 0 Å². The standard InChI is InChI=1S/C14H17NO5/c1-3-9(2)15-13(16)7-18-14(17)10-4-5-11-12(6-10)20-8-19-11/h4-6,9H,3,7-8H2,1-2H3,(H,15,16)/t9-/m1/s1. The summed E-state index contributed by atoms with van der Waals surface area (Å²) in [5.74, 6) is 0.218. The van der Waals surface area contributed by atoms with Crippen molar-refractivity contribution in [2.45, 2.75) is 26.3 Å². The third kappa shape index (κ3) is 3.40. The zero-order valence-electron chi connectivity index (χ0n) is 11.5. The van der Waals surface area contributed by atoms with E-state index < -0.39 is 5.97 Å². The quantitative estimate of drug-likeness (QED) is 0.826. The van der Waals surface area contributed by atoms with Gasteiger partial charge in [-0.2, -0.15) is 0 Å². The average molecular weight is 279 g/mol. The highest BCUT2D eigenvalue weighted by atomic mass is 16.7. The number of carbonyl (C=O) groups excluding carboxylic acids is 2. The van der Waals surface area contributed by atoms with E-state index in [1.807, 2.05) is 13.8 Å². The van der Waals surface area contributed by atoms with Crippen LogP contribution in [0.3, 0.4) is 0 Å². The van der Waals surface area contributed by atoms with E-state index in [1.54, 1.807) is 12.1 Å². The van der Waals surface area contributed by atoms with Gasteiger partial charge in [0.05, 0.1) is 5.56 Å². The Morgan fingerprint density at radius 1 is 1.35 bits per heavy atom. The molecule has 0 spiro atoms. The Kier molecular flexibility index (Phi) is 4.45. The number of carbonyl (C=O) groups is 2. The number of hydrogen-bond acceptors (Lipinski definition) is 5. The molecule has 0 saturated carbocycles. The molecule has 6 nitrogen and oxygen atoms in total. The number of fused-ring (bicyclic) bond motifs is 1. The molecule has 20 heavy (non-hydrogen) atoms. The molecule has 1 aromatic carbocycles. The van der Waals surface area contributed by atoms with Crippen LogP contribution in [0.5, 0.6) is 11.5 Å². The summed E-state index contributed by atoms with van der Waals surface area (Å²) in [6.45, 7) is 3.70. The topological polar surface area (TPSA) is 73.9 Å². The van der Waals surface area contributed by atoms with Crippen molar-refractivity contribution in [3.05, 3.63) is 23.8 Å². The van der Waals surface area contributed by atoms with Crippen molar-refractivity contribution in [1.82, 2.24) is 5.32 Å². The van der Waals surface area contributed by atoms with E-state index in [2.05, 4.69) is 5.32 Å². The molecular formula is C14H17NO5. The molecule has 1 atom stereocenters. The lowest BCUT2D eigenvalue weighted by molar-refractivity contribution is -0.124. The van der Waals surface area contributed by atoms with Gasteiger partial charge in [0.15, 0.2) is 18.1 Å². The zero-order chi connectivity index (χ0) is 14.5. The summed E-state index contributed by atoms with van der Waals surface area (Å²) in [5.41, 5.74) is 0.325. The Labute approximate surface area is 117 Å². The van der Waals surface area contributed by atoms with Crippen LogP contribution in [-0.2, 0) is 9.53 Å². The molecule has 0 bridgehead atoms. The van der Waals surface area contributed by atoms with E-state index in [9.17, 15) is 9.59 Å². The van der Waals surface area contributed by atoms with Crippen molar-refractivity contribution < 1.29 is 23.8 Å². The molecule has 0 saturated heterocycles. The summed E-state index contributed by atoms with van der Waals surface area (Å²) in [4.78, 5) is 23.3. The van der Waals surface area contributed by atoms with Crippen LogP contribution < -0.4 is 14.8 Å². The third-order valence-corrected chi connectivity index (χ3v) is 2.96. The Morgan fingerprint density at radius 2 is 2.10 bits per heavy atom. The first kappa shape index (κ1) is 14.2. The fraction of sp³-hybridized carbons (Fsp3) is 0.429. The van der Waals surface area contributed by atoms with Gasteiger partial charge in [0, 0.05) is 6.04 Å². The van der Waals surface area contributed by atoms with Gasteiger partial charge in [0.1, 0.15) is 0 Å². The minimum absolute atomic E-state index is 0.0618. The smallest absolute Gasteiger partial charge is 0.338 e. The molecule has 1 N–H and O–H groups in total. The van der Waals surface area contributed by atoms with E-state index in [-0.39, 0.29) is 25.3 Å². The van der Waals surface area contributed by atoms with Crippen LogP contribution in [0.25, 0.3) is 0 Å². The van der Waals surface area contributed by atoms with Gasteiger partial charge in [0.25, 0.3) is 5.91 Å². The second-order valence-corrected chi connectivity index (χ2v) is 4.52. The number of benzene rings is 1. The SMILES string of the molecule is CC[C@@H](C)NC(=O)COC(=O)c1ccc2c(c1)OCO2. The molecule has 1 heterocycles. The number of amides is 1. The Morgan fingerprint density at radius 3 is 2.85 bits per heavy atom. The molecule has 0 radical (unpaired) electrons. The molecule has 1 amide bonds. The highest BCUT2D eigenvalue weighted by molar-refractivity contribution is 5.92. The molecular weight excluding hydrogens is 262 g/mol. The van der Waals surface area contributed by atoms with Crippen LogP contribution in [0.15, 0.2) is 18.2 Å². The molecule has 108 valence electrons. The molecule has 0 unspecified atom stereocenters. The molecule has 1 aliphatic rings. The molecule has 1 aliphatic heterocycles. The van der Waals surface area contributed by atoms with Gasteiger partial charge in [-0.1, -0.05) is 6.92 Å². The molecule has 0 aromatic heterocycles. The van der Waals surface area contributed by atoms with Crippen molar-refractivity contribution in [1.29, 1.82) is 0 Å². The van der Waals surface area contributed by atoms with Crippen LogP contribution in [0.1, 0.15) is 30.6 Å². The maximum absolute atomic E-state index is 11.8. The van der Waals surface area contributed by atoms with Crippen molar-refractivity contribution in [3.8, 4) is 11.5 Å². The minimum atomic E-state index is -0.567. The summed E-state index contributed by atoms with van der Waals surface area (Å²) < 4.78 is 15.3. The van der Waals surface area contributed by atoms with Gasteiger partial charge < -0.3 is 19.5 Å². The number of esters is 1. The molecule has 0 aliphatic carbocycles. The number of ether oxygens (including phenoxy) is 3. The third-order valence-electron chi connectivity index (χ3n) is 2.96. The predicted molar refractivity (Wildman–Crippen MR) is 70.7 cm³/mol. The highest BCUT2D eigenvalue weighted by Crippen LogP contribution is 2.32. The second kappa shape index (κ2) is 6.27. The monoisotopic (exact) mass is 279 g/mol. The molecule has 0 fully saturated rings. The lowest BCUT2D eigenvalue weighted by Crippen LogP contribution is -2.35. The van der Waals surface area contributed by atoms with Crippen molar-refractivity contribution in [3.63, 3.8) is 0 Å². The average Bonchev–Trinajstić information content (AvgIpc) is 2.91. The second-order valence-electron chi connectivity index (χ2n) is 4.52. The summed E-state index contributed by atoms with van der Waals surface area (Å²) in [6.07, 6.45) is 0.821. The Bertz CT molecular complexity index is 514. The normalized spacial score (nSPS) is 13.7. The predicted octanol–water partition coefficient (Wildman–Crippen LogP) is 1.49. The largest absolute Gasteiger partial charge is 0.454 e. The van der Waals surface area contributed by atoms with Crippen LogP contribution in [0, 0.1) is 0 Å². The molecule has 6 heteroatoms. The minimum Gasteiger partial charge on any atom is -0.454 e. The summed E-state index contributed by atoms with van der Waals surface area (Å²) in [5, 5.41) is 2.72. The van der Waals surface area contributed by atoms with Crippen LogP contribution in [0.4, 0.5) is 0 Å². The highest BCUT2D eigenvalue weighted by Gasteiger charge is 2.17. The fourth-order valence-corrected chi connectivity index (χ4v) is 1.66. The summed E-state index contributed by atoms with van der Waals surface area (Å²) in [6, 6.07) is 4.81. The summed E-state index contributed by atoms with van der Waals surface area (Å²) in [7, 11) is 0. The maximum Gasteiger partial charge on any atom is 0.338 e. The summed E-state index contributed by atoms with van der Waals surface area (Å²) >= 11 is 0. The van der Waals surface area contributed by atoms with E-state index in [1.165, 1.54) is 6.07 Å². The number of nitrogens with one attached hydrogen (secondary N) is 1. The fourth-order valence-electron chi connectivity index (χ4n) is 1.66. The Balaban J connectivity index is 1.87. The van der Waals surface area contributed by atoms with Gasteiger partial charge in [-0.25, -0.2) is 4.79 Å². The zero-order valence-corrected chi connectivity index (χ0v) is 11.5. The van der Waals surface area contributed by atoms with E-state index in [0.29, 0.717) is 17.1 Å². The van der Waals surface area contributed by atoms with Crippen molar-refractivity contribution >= 4 is 11.9 Å². The van der Waals surface area contributed by atoms with Gasteiger partial charge >= 0.3 is 5.97 Å².